The quantitative estimate of drug-likeness (QED) is 0.658. The fourth-order valence-electron chi connectivity index (χ4n) is 3.37. The molecule has 0 bridgehead atoms. The summed E-state index contributed by atoms with van der Waals surface area (Å²) < 4.78 is 5.15. The van der Waals surface area contributed by atoms with Crippen molar-refractivity contribution in [3.05, 3.63) is 76.2 Å². The van der Waals surface area contributed by atoms with E-state index in [0.29, 0.717) is 21.8 Å². The molecule has 0 atom stereocenters. The minimum absolute atomic E-state index is 0.201. The molecule has 1 aromatic heterocycles. The molecular weight excluding hydrogens is 372 g/mol. The van der Waals surface area contributed by atoms with Crippen LogP contribution < -0.4 is 15.4 Å². The van der Waals surface area contributed by atoms with Crippen LogP contribution in [-0.4, -0.2) is 18.9 Å². The van der Waals surface area contributed by atoms with Gasteiger partial charge in [-0.2, -0.15) is 0 Å². The molecule has 1 heterocycles. The van der Waals surface area contributed by atoms with Crippen LogP contribution in [0, 0.1) is 0 Å². The van der Waals surface area contributed by atoms with Gasteiger partial charge in [-0.1, -0.05) is 18.2 Å². The molecule has 0 fully saturated rings. The summed E-state index contributed by atoms with van der Waals surface area (Å²) in [5.74, 6) is 0.317. The molecule has 1 aliphatic carbocycles. The van der Waals surface area contributed by atoms with E-state index in [1.807, 2.05) is 18.2 Å². The van der Waals surface area contributed by atoms with Crippen molar-refractivity contribution in [1.29, 1.82) is 0 Å². The maximum absolute atomic E-state index is 13.0. The third kappa shape index (κ3) is 3.64. The summed E-state index contributed by atoms with van der Waals surface area (Å²) in [6.07, 6.45) is 2.85. The lowest BCUT2D eigenvalue weighted by atomic mass is 10.1. The maximum Gasteiger partial charge on any atom is 0.258 e. The molecule has 0 spiro atoms. The lowest BCUT2D eigenvalue weighted by Crippen LogP contribution is -2.18. The maximum atomic E-state index is 13.0. The van der Waals surface area contributed by atoms with Crippen molar-refractivity contribution < 1.29 is 14.3 Å². The molecule has 0 saturated carbocycles. The summed E-state index contributed by atoms with van der Waals surface area (Å²) >= 11 is 1.50. The minimum Gasteiger partial charge on any atom is -0.497 e. The molecule has 28 heavy (non-hydrogen) atoms. The van der Waals surface area contributed by atoms with Crippen LogP contribution in [0.3, 0.4) is 0 Å². The van der Waals surface area contributed by atoms with Gasteiger partial charge in [0.05, 0.1) is 12.7 Å². The van der Waals surface area contributed by atoms with Crippen LogP contribution in [0.25, 0.3) is 0 Å². The third-order valence-corrected chi connectivity index (χ3v) is 5.97. The number of hydrogen-bond donors (Lipinski definition) is 2. The van der Waals surface area contributed by atoms with Crippen molar-refractivity contribution in [2.75, 3.05) is 17.7 Å². The molecule has 0 saturated heterocycles. The molecule has 2 N–H and O–H groups in total. The second-order valence-electron chi connectivity index (χ2n) is 6.56. The Morgan fingerprint density at radius 1 is 0.929 bits per heavy atom. The molecule has 4 rings (SSSR count). The van der Waals surface area contributed by atoms with Crippen molar-refractivity contribution in [2.24, 2.45) is 0 Å². The van der Waals surface area contributed by atoms with Crippen LogP contribution in [0.4, 0.5) is 10.7 Å². The molecule has 1 aliphatic rings. The van der Waals surface area contributed by atoms with Crippen LogP contribution >= 0.6 is 11.3 Å². The van der Waals surface area contributed by atoms with Gasteiger partial charge in [-0.15, -0.1) is 11.3 Å². The standard InChI is InChI=1S/C22H20N2O3S/c1-27-16-12-10-15(11-13-16)23-21(26)19-17-8-5-9-18(17)28-22(19)24-20(25)14-6-3-2-4-7-14/h2-4,6-7,10-13H,5,8-9H2,1H3,(H,23,26)(H,24,25). The van der Waals surface area contributed by atoms with Gasteiger partial charge in [-0.25, -0.2) is 0 Å². The number of benzene rings is 2. The predicted molar refractivity (Wildman–Crippen MR) is 112 cm³/mol. The first kappa shape index (κ1) is 18.3. The number of fused-ring (bicyclic) bond motifs is 1. The average Bonchev–Trinajstić information content (AvgIpc) is 3.30. The average molecular weight is 392 g/mol. The Bertz CT molecular complexity index is 1010. The summed E-state index contributed by atoms with van der Waals surface area (Å²) in [5, 5.41) is 6.49. The third-order valence-electron chi connectivity index (χ3n) is 4.76. The number of rotatable bonds is 5. The van der Waals surface area contributed by atoms with Gasteiger partial charge in [0.2, 0.25) is 0 Å². The van der Waals surface area contributed by atoms with Crippen molar-refractivity contribution in [3.8, 4) is 5.75 Å². The predicted octanol–water partition coefficient (Wildman–Crippen LogP) is 4.75. The lowest BCUT2D eigenvalue weighted by molar-refractivity contribution is 0.102. The number of anilines is 2. The molecular formula is C22H20N2O3S. The summed E-state index contributed by atoms with van der Waals surface area (Å²) in [6.45, 7) is 0. The van der Waals surface area contributed by atoms with Gasteiger partial charge in [0, 0.05) is 16.1 Å². The second kappa shape index (κ2) is 7.86. The van der Waals surface area contributed by atoms with E-state index in [0.717, 1.165) is 30.6 Å². The highest BCUT2D eigenvalue weighted by atomic mass is 32.1. The summed E-state index contributed by atoms with van der Waals surface area (Å²) in [6, 6.07) is 16.2. The number of nitrogens with one attached hydrogen (secondary N) is 2. The van der Waals surface area contributed by atoms with Crippen LogP contribution in [0.1, 0.15) is 37.6 Å². The van der Waals surface area contributed by atoms with Gasteiger partial charge >= 0.3 is 0 Å². The SMILES string of the molecule is COc1ccc(NC(=O)c2c(NC(=O)c3ccccc3)sc3c2CCC3)cc1. The first-order valence-corrected chi connectivity index (χ1v) is 9.93. The largest absolute Gasteiger partial charge is 0.497 e. The van der Waals surface area contributed by atoms with Crippen LogP contribution in [-0.2, 0) is 12.8 Å². The summed E-state index contributed by atoms with van der Waals surface area (Å²) in [7, 11) is 1.60. The van der Waals surface area contributed by atoms with E-state index in [1.54, 1.807) is 43.5 Å². The van der Waals surface area contributed by atoms with Crippen molar-refractivity contribution >= 4 is 33.8 Å². The van der Waals surface area contributed by atoms with E-state index in [4.69, 9.17) is 4.74 Å². The summed E-state index contributed by atoms with van der Waals surface area (Å²) in [5.41, 5.74) is 2.89. The molecule has 5 nitrogen and oxygen atoms in total. The van der Waals surface area contributed by atoms with Gasteiger partial charge < -0.3 is 15.4 Å². The van der Waals surface area contributed by atoms with Gasteiger partial charge in [-0.05, 0) is 61.2 Å². The number of amides is 2. The van der Waals surface area contributed by atoms with E-state index in [1.165, 1.54) is 16.2 Å². The van der Waals surface area contributed by atoms with Crippen molar-refractivity contribution in [1.82, 2.24) is 0 Å². The first-order valence-electron chi connectivity index (χ1n) is 9.12. The second-order valence-corrected chi connectivity index (χ2v) is 7.67. The van der Waals surface area contributed by atoms with E-state index >= 15 is 0 Å². The number of carbonyl (C=O) groups excluding carboxylic acids is 2. The number of thiophene rings is 1. The Morgan fingerprint density at radius 2 is 1.68 bits per heavy atom. The lowest BCUT2D eigenvalue weighted by Gasteiger charge is -2.10. The Kier molecular flexibility index (Phi) is 5.12. The van der Waals surface area contributed by atoms with E-state index in [9.17, 15) is 9.59 Å². The van der Waals surface area contributed by atoms with E-state index in [-0.39, 0.29) is 11.8 Å². The topological polar surface area (TPSA) is 67.4 Å². The Morgan fingerprint density at radius 3 is 2.39 bits per heavy atom. The van der Waals surface area contributed by atoms with Gasteiger partial charge in [0.1, 0.15) is 10.8 Å². The van der Waals surface area contributed by atoms with Crippen LogP contribution in [0.5, 0.6) is 5.75 Å². The van der Waals surface area contributed by atoms with Crippen molar-refractivity contribution in [2.45, 2.75) is 19.3 Å². The zero-order valence-corrected chi connectivity index (χ0v) is 16.3. The summed E-state index contributed by atoms with van der Waals surface area (Å²) in [4.78, 5) is 26.8. The fraction of sp³-hybridized carbons (Fsp3) is 0.182. The number of aryl methyl sites for hydroxylation is 1. The highest BCUT2D eigenvalue weighted by Crippen LogP contribution is 2.39. The molecule has 3 aromatic rings. The highest BCUT2D eigenvalue weighted by Gasteiger charge is 2.27. The van der Waals surface area contributed by atoms with Gasteiger partial charge in [0.15, 0.2) is 0 Å². The van der Waals surface area contributed by atoms with Crippen LogP contribution in [0.15, 0.2) is 54.6 Å². The molecule has 142 valence electrons. The van der Waals surface area contributed by atoms with Crippen molar-refractivity contribution in [3.63, 3.8) is 0 Å². The van der Waals surface area contributed by atoms with Gasteiger partial charge in [0.25, 0.3) is 11.8 Å². The number of methoxy groups -OCH3 is 1. The molecule has 2 amide bonds. The minimum atomic E-state index is -0.209. The molecule has 2 aromatic carbocycles. The monoisotopic (exact) mass is 392 g/mol. The van der Waals surface area contributed by atoms with E-state index < -0.39 is 0 Å². The highest BCUT2D eigenvalue weighted by molar-refractivity contribution is 7.17. The van der Waals surface area contributed by atoms with Gasteiger partial charge in [-0.3, -0.25) is 9.59 Å². The Balaban J connectivity index is 1.60. The smallest absolute Gasteiger partial charge is 0.258 e. The molecule has 0 aliphatic heterocycles. The Hall–Kier alpha value is -3.12. The zero-order valence-electron chi connectivity index (χ0n) is 15.5. The van der Waals surface area contributed by atoms with E-state index in [2.05, 4.69) is 10.6 Å². The molecule has 6 heteroatoms. The molecule has 0 radical (unpaired) electrons. The number of hydrogen-bond acceptors (Lipinski definition) is 4. The first-order chi connectivity index (χ1) is 13.7. The zero-order chi connectivity index (χ0) is 19.5. The molecule has 0 unspecified atom stereocenters. The fourth-order valence-corrected chi connectivity index (χ4v) is 4.65. The number of ether oxygens (including phenoxy) is 1. The Labute approximate surface area is 167 Å². The van der Waals surface area contributed by atoms with Crippen LogP contribution in [0.2, 0.25) is 0 Å². The number of carbonyl (C=O) groups is 2. The normalized spacial score (nSPS) is 12.3.